The van der Waals surface area contributed by atoms with Crippen LogP contribution in [0.4, 0.5) is 0 Å². The molecule has 0 aliphatic carbocycles. The van der Waals surface area contributed by atoms with Gasteiger partial charge in [0.25, 0.3) is 0 Å². The van der Waals surface area contributed by atoms with Crippen molar-refractivity contribution in [1.29, 1.82) is 0 Å². The van der Waals surface area contributed by atoms with E-state index >= 15 is 0 Å². The number of carboxylic acid groups (broad SMARTS) is 1. The fraction of sp³-hybridized carbons (Fsp3) is 0.500. The molecule has 0 amide bonds. The van der Waals surface area contributed by atoms with E-state index < -0.39 is 11.9 Å². The second kappa shape index (κ2) is 4.72. The molecule has 1 unspecified atom stereocenters. The summed E-state index contributed by atoms with van der Waals surface area (Å²) in [4.78, 5) is 18.7. The predicted molar refractivity (Wildman–Crippen MR) is 53.8 cm³/mol. The van der Waals surface area contributed by atoms with Crippen LogP contribution in [-0.2, 0) is 4.79 Å². The summed E-state index contributed by atoms with van der Waals surface area (Å²) < 4.78 is 5.32. The molecule has 0 aliphatic heterocycles. The second-order valence-electron chi connectivity index (χ2n) is 3.51. The fourth-order valence-corrected chi connectivity index (χ4v) is 0.996. The highest BCUT2D eigenvalue weighted by molar-refractivity contribution is 5.74. The Labute approximate surface area is 88.1 Å². The zero-order valence-corrected chi connectivity index (χ0v) is 8.97. The smallest absolute Gasteiger partial charge is 0.312 e. The van der Waals surface area contributed by atoms with E-state index in [1.807, 2.05) is 13.8 Å². The molecule has 5 nitrogen and oxygen atoms in total. The van der Waals surface area contributed by atoms with Crippen molar-refractivity contribution in [3.05, 3.63) is 18.1 Å². The van der Waals surface area contributed by atoms with Crippen molar-refractivity contribution < 1.29 is 14.6 Å². The van der Waals surface area contributed by atoms with Crippen molar-refractivity contribution >= 4 is 5.97 Å². The van der Waals surface area contributed by atoms with Gasteiger partial charge in [0.1, 0.15) is 0 Å². The highest BCUT2D eigenvalue weighted by Gasteiger charge is 2.16. The van der Waals surface area contributed by atoms with E-state index in [0.717, 1.165) is 0 Å². The first-order valence-electron chi connectivity index (χ1n) is 4.72. The van der Waals surface area contributed by atoms with Crippen LogP contribution < -0.4 is 4.74 Å². The quantitative estimate of drug-likeness (QED) is 0.814. The van der Waals surface area contributed by atoms with Crippen molar-refractivity contribution in [2.24, 2.45) is 0 Å². The van der Waals surface area contributed by atoms with Crippen molar-refractivity contribution in [2.45, 2.75) is 32.8 Å². The summed E-state index contributed by atoms with van der Waals surface area (Å²) in [6, 6.07) is 0. The molecule has 5 heteroatoms. The summed E-state index contributed by atoms with van der Waals surface area (Å²) in [5.41, 5.74) is 0.403. The molecule has 0 aliphatic rings. The van der Waals surface area contributed by atoms with Gasteiger partial charge < -0.3 is 9.84 Å². The lowest BCUT2D eigenvalue weighted by atomic mass is 10.1. The van der Waals surface area contributed by atoms with Crippen LogP contribution >= 0.6 is 0 Å². The number of aliphatic carboxylic acids is 1. The van der Waals surface area contributed by atoms with Crippen LogP contribution in [0.15, 0.2) is 12.4 Å². The summed E-state index contributed by atoms with van der Waals surface area (Å²) in [6.07, 6.45) is 2.90. The number of ether oxygens (including phenoxy) is 1. The maximum atomic E-state index is 10.7. The molecule has 1 aromatic heterocycles. The van der Waals surface area contributed by atoms with Crippen LogP contribution in [0.2, 0.25) is 0 Å². The zero-order valence-electron chi connectivity index (χ0n) is 8.97. The van der Waals surface area contributed by atoms with Gasteiger partial charge in [0.2, 0.25) is 5.88 Å². The second-order valence-corrected chi connectivity index (χ2v) is 3.51. The third-order valence-corrected chi connectivity index (χ3v) is 1.80. The molecule has 0 saturated carbocycles. The number of nitrogens with zero attached hydrogens (tertiary/aromatic N) is 2. The van der Waals surface area contributed by atoms with Gasteiger partial charge in [-0.25, -0.2) is 4.98 Å². The average molecular weight is 210 g/mol. The Morgan fingerprint density at radius 3 is 2.60 bits per heavy atom. The third-order valence-electron chi connectivity index (χ3n) is 1.80. The fourth-order valence-electron chi connectivity index (χ4n) is 0.996. The number of carbonyl (C=O) groups is 1. The highest BCUT2D eigenvalue weighted by Crippen LogP contribution is 2.15. The first kappa shape index (κ1) is 11.4. The van der Waals surface area contributed by atoms with Crippen LogP contribution in [0.3, 0.4) is 0 Å². The molecule has 15 heavy (non-hydrogen) atoms. The Kier molecular flexibility index (Phi) is 3.60. The first-order valence-corrected chi connectivity index (χ1v) is 4.72. The van der Waals surface area contributed by atoms with E-state index in [1.165, 1.54) is 12.4 Å². The molecule has 1 heterocycles. The maximum absolute atomic E-state index is 10.7. The molecule has 1 N–H and O–H groups in total. The molecular weight excluding hydrogens is 196 g/mol. The van der Waals surface area contributed by atoms with Gasteiger partial charge in [0, 0.05) is 6.20 Å². The highest BCUT2D eigenvalue weighted by atomic mass is 16.5. The Balaban J connectivity index is 2.87. The van der Waals surface area contributed by atoms with E-state index in [9.17, 15) is 4.79 Å². The summed E-state index contributed by atoms with van der Waals surface area (Å²) >= 11 is 0. The number of rotatable bonds is 4. The van der Waals surface area contributed by atoms with E-state index in [4.69, 9.17) is 9.84 Å². The number of hydrogen-bond donors (Lipinski definition) is 1. The van der Waals surface area contributed by atoms with E-state index in [2.05, 4.69) is 9.97 Å². The normalized spacial score (nSPS) is 12.5. The molecule has 0 bridgehead atoms. The minimum atomic E-state index is -0.925. The van der Waals surface area contributed by atoms with E-state index in [0.29, 0.717) is 11.6 Å². The van der Waals surface area contributed by atoms with Crippen LogP contribution in [0.1, 0.15) is 32.4 Å². The standard InChI is InChI=1S/C10H14N2O3/c1-6(2)15-9-5-11-4-8(12-9)7(3)10(13)14/h4-7H,1-3H3,(H,13,14). The van der Waals surface area contributed by atoms with Gasteiger partial charge in [-0.05, 0) is 20.8 Å². The molecule has 0 saturated heterocycles. The Bertz CT molecular complexity index is 352. The van der Waals surface area contributed by atoms with E-state index in [-0.39, 0.29) is 6.10 Å². The van der Waals surface area contributed by atoms with Gasteiger partial charge >= 0.3 is 5.97 Å². The molecule has 1 aromatic rings. The lowest BCUT2D eigenvalue weighted by Crippen LogP contribution is -2.12. The lowest BCUT2D eigenvalue weighted by molar-refractivity contribution is -0.138. The summed E-state index contributed by atoms with van der Waals surface area (Å²) in [5.74, 6) is -1.24. The third kappa shape index (κ3) is 3.19. The molecule has 1 atom stereocenters. The molecule has 82 valence electrons. The molecule has 0 radical (unpaired) electrons. The Morgan fingerprint density at radius 1 is 1.40 bits per heavy atom. The van der Waals surface area contributed by atoms with Crippen LogP contribution in [0.25, 0.3) is 0 Å². The zero-order chi connectivity index (χ0) is 11.4. The number of hydrogen-bond acceptors (Lipinski definition) is 4. The molecular formula is C10H14N2O3. The molecule has 1 rings (SSSR count). The Morgan fingerprint density at radius 2 is 2.07 bits per heavy atom. The van der Waals surface area contributed by atoms with Crippen molar-refractivity contribution in [2.75, 3.05) is 0 Å². The van der Waals surface area contributed by atoms with Gasteiger partial charge in [-0.2, -0.15) is 0 Å². The molecule has 0 fully saturated rings. The molecule has 0 spiro atoms. The van der Waals surface area contributed by atoms with Crippen molar-refractivity contribution in [3.63, 3.8) is 0 Å². The first-order chi connectivity index (χ1) is 7.00. The summed E-state index contributed by atoms with van der Waals surface area (Å²) in [7, 11) is 0. The van der Waals surface area contributed by atoms with Gasteiger partial charge in [0.15, 0.2) is 0 Å². The van der Waals surface area contributed by atoms with Crippen molar-refractivity contribution in [3.8, 4) is 5.88 Å². The largest absolute Gasteiger partial charge is 0.481 e. The van der Waals surface area contributed by atoms with Gasteiger partial charge in [-0.3, -0.25) is 9.78 Å². The SMILES string of the molecule is CC(C)Oc1cncc(C(C)C(=O)O)n1. The van der Waals surface area contributed by atoms with Gasteiger partial charge in [-0.15, -0.1) is 0 Å². The average Bonchev–Trinajstić information content (AvgIpc) is 2.16. The van der Waals surface area contributed by atoms with Crippen molar-refractivity contribution in [1.82, 2.24) is 9.97 Å². The number of carboxylic acids is 1. The summed E-state index contributed by atoms with van der Waals surface area (Å²) in [5, 5.41) is 8.80. The molecule has 0 aromatic carbocycles. The van der Waals surface area contributed by atoms with Crippen LogP contribution in [0, 0.1) is 0 Å². The van der Waals surface area contributed by atoms with Gasteiger partial charge in [-0.1, -0.05) is 0 Å². The topological polar surface area (TPSA) is 72.3 Å². The van der Waals surface area contributed by atoms with E-state index in [1.54, 1.807) is 6.92 Å². The summed E-state index contributed by atoms with van der Waals surface area (Å²) in [6.45, 7) is 5.30. The minimum absolute atomic E-state index is 0.00492. The Hall–Kier alpha value is -1.65. The monoisotopic (exact) mass is 210 g/mol. The number of aromatic nitrogens is 2. The maximum Gasteiger partial charge on any atom is 0.312 e. The van der Waals surface area contributed by atoms with Crippen LogP contribution in [0.5, 0.6) is 5.88 Å². The van der Waals surface area contributed by atoms with Crippen LogP contribution in [-0.4, -0.2) is 27.1 Å². The minimum Gasteiger partial charge on any atom is -0.481 e. The van der Waals surface area contributed by atoms with Gasteiger partial charge in [0.05, 0.1) is 23.9 Å². The lowest BCUT2D eigenvalue weighted by Gasteiger charge is -2.10. The predicted octanol–water partition coefficient (Wildman–Crippen LogP) is 1.45.